The monoisotopic (exact) mass is 297 g/mol. The van der Waals surface area contributed by atoms with Crippen molar-refractivity contribution in [2.75, 3.05) is 37.7 Å². The van der Waals surface area contributed by atoms with Crippen molar-refractivity contribution in [1.29, 1.82) is 0 Å². The van der Waals surface area contributed by atoms with Crippen molar-refractivity contribution in [2.45, 2.75) is 18.8 Å². The summed E-state index contributed by atoms with van der Waals surface area (Å²) >= 11 is 3.58. The number of nitrogens with one attached hydrogen (secondary N) is 1. The Bertz CT molecular complexity index is 437. The molecule has 3 heterocycles. The molecule has 2 saturated heterocycles. The number of hydrogen-bond acceptors (Lipinski definition) is 5. The summed E-state index contributed by atoms with van der Waals surface area (Å²) in [5.41, 5.74) is 0.658. The third kappa shape index (κ3) is 3.12. The third-order valence-corrected chi connectivity index (χ3v) is 5.68. The normalized spacial score (nSPS) is 21.6. The first-order valence-corrected chi connectivity index (χ1v) is 8.91. The number of piperidine rings is 1. The summed E-state index contributed by atoms with van der Waals surface area (Å²) in [5, 5.41) is 6.46. The van der Waals surface area contributed by atoms with E-state index in [9.17, 15) is 4.79 Å². The first kappa shape index (κ1) is 13.4. The van der Waals surface area contributed by atoms with E-state index in [-0.39, 0.29) is 5.91 Å². The summed E-state index contributed by atoms with van der Waals surface area (Å²) in [7, 11) is 0. The van der Waals surface area contributed by atoms with Crippen molar-refractivity contribution in [1.82, 2.24) is 15.2 Å². The van der Waals surface area contributed by atoms with Crippen molar-refractivity contribution < 1.29 is 4.79 Å². The van der Waals surface area contributed by atoms with E-state index in [0.29, 0.717) is 11.6 Å². The predicted molar refractivity (Wildman–Crippen MR) is 80.2 cm³/mol. The van der Waals surface area contributed by atoms with Gasteiger partial charge in [0.25, 0.3) is 5.91 Å². The Morgan fingerprint density at radius 1 is 1.32 bits per heavy atom. The Morgan fingerprint density at radius 2 is 2.05 bits per heavy atom. The summed E-state index contributed by atoms with van der Waals surface area (Å²) in [6, 6.07) is 0. The number of carbonyl (C=O) groups excluding carboxylic acids is 1. The number of carbonyl (C=O) groups is 1. The van der Waals surface area contributed by atoms with Crippen LogP contribution in [0.4, 0.5) is 0 Å². The molecule has 3 rings (SSSR count). The van der Waals surface area contributed by atoms with Crippen LogP contribution < -0.4 is 5.32 Å². The van der Waals surface area contributed by atoms with Gasteiger partial charge in [-0.05, 0) is 25.9 Å². The maximum atomic E-state index is 12.3. The molecule has 0 spiro atoms. The van der Waals surface area contributed by atoms with E-state index < -0.39 is 0 Å². The van der Waals surface area contributed by atoms with E-state index in [4.69, 9.17) is 0 Å². The largest absolute Gasteiger partial charge is 0.336 e. The number of nitrogens with zero attached hydrogens (tertiary/aromatic N) is 2. The maximum absolute atomic E-state index is 12.3. The smallest absolute Gasteiger partial charge is 0.273 e. The molecule has 0 aliphatic carbocycles. The molecule has 0 atom stereocenters. The average molecular weight is 297 g/mol. The number of thiazole rings is 1. The van der Waals surface area contributed by atoms with Gasteiger partial charge in [-0.2, -0.15) is 11.8 Å². The van der Waals surface area contributed by atoms with Crippen LogP contribution in [-0.4, -0.2) is 53.5 Å². The van der Waals surface area contributed by atoms with Gasteiger partial charge in [0.2, 0.25) is 0 Å². The zero-order valence-corrected chi connectivity index (χ0v) is 12.6. The lowest BCUT2D eigenvalue weighted by atomic mass is 9.99. The van der Waals surface area contributed by atoms with Crippen molar-refractivity contribution in [3.8, 4) is 0 Å². The molecule has 2 aliphatic rings. The molecule has 2 fully saturated rings. The van der Waals surface area contributed by atoms with Crippen molar-refractivity contribution in [3.05, 3.63) is 16.1 Å². The summed E-state index contributed by atoms with van der Waals surface area (Å²) < 4.78 is 0. The average Bonchev–Trinajstić information content (AvgIpc) is 2.98. The van der Waals surface area contributed by atoms with Crippen LogP contribution in [0, 0.1) is 0 Å². The van der Waals surface area contributed by atoms with Gasteiger partial charge in [0.15, 0.2) is 0 Å². The molecule has 0 saturated carbocycles. The fourth-order valence-electron chi connectivity index (χ4n) is 2.57. The summed E-state index contributed by atoms with van der Waals surface area (Å²) in [6.45, 7) is 3.86. The molecule has 1 aromatic rings. The Labute approximate surface area is 122 Å². The van der Waals surface area contributed by atoms with Gasteiger partial charge in [0.05, 0.1) is 5.01 Å². The Hall–Kier alpha value is -0.590. The minimum atomic E-state index is 0.122. The third-order valence-electron chi connectivity index (χ3n) is 3.73. The van der Waals surface area contributed by atoms with E-state index >= 15 is 0 Å². The van der Waals surface area contributed by atoms with Crippen LogP contribution in [0.2, 0.25) is 0 Å². The molecule has 19 heavy (non-hydrogen) atoms. The molecule has 6 heteroatoms. The minimum absolute atomic E-state index is 0.122. The first-order valence-electron chi connectivity index (χ1n) is 6.88. The van der Waals surface area contributed by atoms with E-state index in [2.05, 4.69) is 10.3 Å². The second-order valence-corrected chi connectivity index (χ2v) is 7.11. The maximum Gasteiger partial charge on any atom is 0.273 e. The molecular weight excluding hydrogens is 278 g/mol. The highest BCUT2D eigenvalue weighted by atomic mass is 32.2. The zero-order valence-electron chi connectivity index (χ0n) is 10.9. The molecule has 1 N–H and O–H groups in total. The van der Waals surface area contributed by atoms with Crippen LogP contribution in [0.25, 0.3) is 0 Å². The highest BCUT2D eigenvalue weighted by Gasteiger charge is 2.23. The fourth-order valence-corrected chi connectivity index (χ4v) is 4.44. The van der Waals surface area contributed by atoms with Crippen LogP contribution in [0.3, 0.4) is 0 Å². The quantitative estimate of drug-likeness (QED) is 0.904. The number of rotatable bonds is 2. The second-order valence-electron chi connectivity index (χ2n) is 5.00. The van der Waals surface area contributed by atoms with E-state index in [1.807, 2.05) is 22.0 Å². The zero-order chi connectivity index (χ0) is 13.1. The van der Waals surface area contributed by atoms with E-state index in [1.54, 1.807) is 11.3 Å². The van der Waals surface area contributed by atoms with E-state index in [0.717, 1.165) is 55.5 Å². The molecule has 1 aromatic heterocycles. The SMILES string of the molecule is O=C(c1csc(C2CCNCC2)n1)N1CCSCC1. The molecular formula is C13H19N3OS2. The van der Waals surface area contributed by atoms with Crippen molar-refractivity contribution in [3.63, 3.8) is 0 Å². The number of aromatic nitrogens is 1. The minimum Gasteiger partial charge on any atom is -0.336 e. The molecule has 4 nitrogen and oxygen atoms in total. The Balaban J connectivity index is 1.67. The van der Waals surface area contributed by atoms with Crippen LogP contribution in [0.1, 0.15) is 34.3 Å². The number of thioether (sulfide) groups is 1. The molecule has 1 amide bonds. The van der Waals surface area contributed by atoms with Gasteiger partial charge in [0.1, 0.15) is 5.69 Å². The Morgan fingerprint density at radius 3 is 2.79 bits per heavy atom. The van der Waals surface area contributed by atoms with Gasteiger partial charge in [-0.15, -0.1) is 11.3 Å². The second kappa shape index (κ2) is 6.24. The van der Waals surface area contributed by atoms with Crippen molar-refractivity contribution in [2.24, 2.45) is 0 Å². The standard InChI is InChI=1S/C13H19N3OS2/c17-13(16-5-7-18-8-6-16)11-9-19-12(15-11)10-1-3-14-4-2-10/h9-10,14H,1-8H2. The number of amides is 1. The fraction of sp³-hybridized carbons (Fsp3) is 0.692. The lowest BCUT2D eigenvalue weighted by Crippen LogP contribution is -2.38. The molecule has 2 aliphatic heterocycles. The number of hydrogen-bond donors (Lipinski definition) is 1. The first-order chi connectivity index (χ1) is 9.34. The summed E-state index contributed by atoms with van der Waals surface area (Å²) in [4.78, 5) is 18.9. The highest BCUT2D eigenvalue weighted by Crippen LogP contribution is 2.28. The predicted octanol–water partition coefficient (Wildman–Crippen LogP) is 1.80. The van der Waals surface area contributed by atoms with Crippen LogP contribution in [0.15, 0.2) is 5.38 Å². The van der Waals surface area contributed by atoms with Gasteiger partial charge in [-0.1, -0.05) is 0 Å². The summed E-state index contributed by atoms with van der Waals surface area (Å²) in [6.07, 6.45) is 2.28. The molecule has 0 unspecified atom stereocenters. The highest BCUT2D eigenvalue weighted by molar-refractivity contribution is 7.99. The van der Waals surface area contributed by atoms with Gasteiger partial charge in [-0.25, -0.2) is 4.98 Å². The summed E-state index contributed by atoms with van der Waals surface area (Å²) in [5.74, 6) is 2.77. The van der Waals surface area contributed by atoms with Crippen LogP contribution in [-0.2, 0) is 0 Å². The molecule has 0 radical (unpaired) electrons. The lowest BCUT2D eigenvalue weighted by Gasteiger charge is -2.25. The van der Waals surface area contributed by atoms with Gasteiger partial charge in [-0.3, -0.25) is 4.79 Å². The van der Waals surface area contributed by atoms with Crippen LogP contribution >= 0.6 is 23.1 Å². The van der Waals surface area contributed by atoms with Gasteiger partial charge >= 0.3 is 0 Å². The topological polar surface area (TPSA) is 45.2 Å². The van der Waals surface area contributed by atoms with E-state index in [1.165, 1.54) is 0 Å². The Kier molecular flexibility index (Phi) is 4.40. The lowest BCUT2D eigenvalue weighted by molar-refractivity contribution is 0.0767. The molecule has 0 aromatic carbocycles. The molecule has 0 bridgehead atoms. The van der Waals surface area contributed by atoms with Crippen molar-refractivity contribution >= 4 is 29.0 Å². The van der Waals surface area contributed by atoms with Gasteiger partial charge in [0, 0.05) is 35.9 Å². The molecule has 104 valence electrons. The van der Waals surface area contributed by atoms with Gasteiger partial charge < -0.3 is 10.2 Å². The van der Waals surface area contributed by atoms with Crippen LogP contribution in [0.5, 0.6) is 0 Å².